The molecule has 0 atom stereocenters. The van der Waals surface area contributed by atoms with Crippen LogP contribution in [0, 0.1) is 11.6 Å². The minimum absolute atomic E-state index is 0.0217. The third-order valence-corrected chi connectivity index (χ3v) is 6.43. The first-order valence-electron chi connectivity index (χ1n) is 10.6. The molecular weight excluding hydrogens is 508 g/mol. The maximum atomic E-state index is 13.6. The van der Waals surface area contributed by atoms with Crippen molar-refractivity contribution in [2.24, 2.45) is 0 Å². The van der Waals surface area contributed by atoms with E-state index < -0.39 is 30.1 Å². The van der Waals surface area contributed by atoms with Crippen molar-refractivity contribution in [3.63, 3.8) is 0 Å². The van der Waals surface area contributed by atoms with E-state index in [1.165, 1.54) is 6.07 Å². The van der Waals surface area contributed by atoms with Crippen LogP contribution in [0.15, 0.2) is 71.6 Å². The van der Waals surface area contributed by atoms with Crippen molar-refractivity contribution < 1.29 is 33.0 Å². The van der Waals surface area contributed by atoms with E-state index in [-0.39, 0.29) is 22.4 Å². The zero-order valence-electron chi connectivity index (χ0n) is 18.6. The molecule has 1 saturated heterocycles. The number of nitrogens with zero attached hydrogens (tertiary/aromatic N) is 1. The Balaban J connectivity index is 1.58. The molecule has 6 nitrogen and oxygen atoms in total. The number of carboxylic acid groups (broad SMARTS) is 1. The van der Waals surface area contributed by atoms with E-state index >= 15 is 0 Å². The van der Waals surface area contributed by atoms with Gasteiger partial charge in [-0.15, -0.1) is 0 Å². The van der Waals surface area contributed by atoms with Crippen LogP contribution in [0.3, 0.4) is 0 Å². The topological polar surface area (TPSA) is 76.1 Å². The van der Waals surface area contributed by atoms with E-state index in [9.17, 15) is 18.4 Å². The van der Waals surface area contributed by atoms with Gasteiger partial charge in [-0.25, -0.2) is 8.78 Å². The highest BCUT2D eigenvalue weighted by molar-refractivity contribution is 8.26. The van der Waals surface area contributed by atoms with E-state index in [2.05, 4.69) is 0 Å². The summed E-state index contributed by atoms with van der Waals surface area (Å²) in [6.07, 6.45) is 1.59. The molecule has 0 aromatic heterocycles. The highest BCUT2D eigenvalue weighted by atomic mass is 32.2. The van der Waals surface area contributed by atoms with Crippen molar-refractivity contribution in [1.29, 1.82) is 0 Å². The van der Waals surface area contributed by atoms with Crippen LogP contribution in [0.2, 0.25) is 0 Å². The van der Waals surface area contributed by atoms with Crippen molar-refractivity contribution in [3.8, 4) is 11.5 Å². The van der Waals surface area contributed by atoms with Crippen molar-refractivity contribution in [2.75, 3.05) is 6.54 Å². The zero-order valence-corrected chi connectivity index (χ0v) is 20.3. The predicted molar refractivity (Wildman–Crippen MR) is 135 cm³/mol. The molecule has 0 radical (unpaired) electrons. The summed E-state index contributed by atoms with van der Waals surface area (Å²) >= 11 is 6.15. The molecule has 0 bridgehead atoms. The Morgan fingerprint density at radius 3 is 2.39 bits per heavy atom. The number of ether oxygens (including phenoxy) is 2. The lowest BCUT2D eigenvalue weighted by atomic mass is 10.1. The maximum absolute atomic E-state index is 13.6. The molecule has 1 fully saturated rings. The van der Waals surface area contributed by atoms with Crippen LogP contribution in [0.1, 0.15) is 16.7 Å². The summed E-state index contributed by atoms with van der Waals surface area (Å²) in [6.45, 7) is -0.289. The Hall–Kier alpha value is -3.76. The third kappa shape index (κ3) is 6.27. The van der Waals surface area contributed by atoms with Gasteiger partial charge in [-0.05, 0) is 47.0 Å². The molecule has 184 valence electrons. The number of carbonyl (C=O) groups excluding carboxylic acids is 1. The monoisotopic (exact) mass is 527 g/mol. The first-order chi connectivity index (χ1) is 17.3. The summed E-state index contributed by atoms with van der Waals surface area (Å²) in [5.74, 6) is -2.82. The third-order valence-electron chi connectivity index (χ3n) is 5.05. The second-order valence-corrected chi connectivity index (χ2v) is 9.35. The summed E-state index contributed by atoms with van der Waals surface area (Å²) in [4.78, 5) is 24.9. The molecular formula is C26H19F2NO5S2. The van der Waals surface area contributed by atoms with Gasteiger partial charge in [0, 0.05) is 0 Å². The highest BCUT2D eigenvalue weighted by Gasteiger charge is 2.33. The molecule has 0 unspecified atom stereocenters. The minimum Gasteiger partial charge on any atom is -0.485 e. The Morgan fingerprint density at radius 2 is 1.67 bits per heavy atom. The van der Waals surface area contributed by atoms with E-state index in [1.54, 1.807) is 24.3 Å². The number of aliphatic carboxylic acids is 1. The lowest BCUT2D eigenvalue weighted by molar-refractivity contribution is -0.140. The molecule has 10 heteroatoms. The number of carboxylic acids is 1. The average Bonchev–Trinajstić information content (AvgIpc) is 3.11. The quantitative estimate of drug-likeness (QED) is 0.295. The Kier molecular flexibility index (Phi) is 7.97. The number of benzene rings is 3. The second-order valence-electron chi connectivity index (χ2n) is 7.68. The molecule has 1 aliphatic heterocycles. The van der Waals surface area contributed by atoms with Crippen molar-refractivity contribution in [3.05, 3.63) is 100.0 Å². The molecule has 36 heavy (non-hydrogen) atoms. The normalized spacial score (nSPS) is 14.4. The van der Waals surface area contributed by atoms with Crippen LogP contribution in [-0.4, -0.2) is 32.7 Å². The summed E-state index contributed by atoms with van der Waals surface area (Å²) in [5.41, 5.74) is 1.96. The van der Waals surface area contributed by atoms with E-state index in [0.29, 0.717) is 22.6 Å². The van der Waals surface area contributed by atoms with Crippen LogP contribution in [-0.2, 0) is 22.8 Å². The molecule has 3 aromatic rings. The molecule has 1 aliphatic rings. The van der Waals surface area contributed by atoms with Crippen LogP contribution in [0.4, 0.5) is 8.78 Å². The Labute approximate surface area is 215 Å². The van der Waals surface area contributed by atoms with Gasteiger partial charge in [0.1, 0.15) is 24.1 Å². The SMILES string of the molecule is O=C(O)CN1C(=O)C(=Cc2ccc(OCc3ccc(F)c(F)c3)c(OCc3ccccc3)c2)SC1=S. The van der Waals surface area contributed by atoms with Gasteiger partial charge in [0.25, 0.3) is 5.91 Å². The van der Waals surface area contributed by atoms with Crippen molar-refractivity contribution in [2.45, 2.75) is 13.2 Å². The average molecular weight is 528 g/mol. The fraction of sp³-hybridized carbons (Fsp3) is 0.115. The molecule has 4 rings (SSSR count). The maximum Gasteiger partial charge on any atom is 0.323 e. The smallest absolute Gasteiger partial charge is 0.323 e. The lowest BCUT2D eigenvalue weighted by Gasteiger charge is -2.14. The van der Waals surface area contributed by atoms with Gasteiger partial charge in [-0.3, -0.25) is 14.5 Å². The zero-order chi connectivity index (χ0) is 25.7. The highest BCUT2D eigenvalue weighted by Crippen LogP contribution is 2.35. The second kappa shape index (κ2) is 11.3. The number of amides is 1. The van der Waals surface area contributed by atoms with Crippen molar-refractivity contribution >= 4 is 46.3 Å². The number of thiocarbonyl (C=S) groups is 1. The van der Waals surface area contributed by atoms with Crippen molar-refractivity contribution in [1.82, 2.24) is 4.90 Å². The first-order valence-corrected chi connectivity index (χ1v) is 11.9. The summed E-state index contributed by atoms with van der Waals surface area (Å²) in [6, 6.07) is 18.0. The molecule has 1 heterocycles. The van der Waals surface area contributed by atoms with Crippen LogP contribution in [0.5, 0.6) is 11.5 Å². The molecule has 3 aromatic carbocycles. The Bertz CT molecular complexity index is 1350. The van der Waals surface area contributed by atoms with Gasteiger partial charge in [-0.1, -0.05) is 66.4 Å². The number of hydrogen-bond donors (Lipinski definition) is 1. The Morgan fingerprint density at radius 1 is 0.944 bits per heavy atom. The number of halogens is 2. The predicted octanol–water partition coefficient (Wildman–Crippen LogP) is 5.41. The molecule has 0 aliphatic carbocycles. The van der Waals surface area contributed by atoms with Crippen LogP contribution < -0.4 is 9.47 Å². The van der Waals surface area contributed by atoms with Gasteiger partial charge in [0.15, 0.2) is 23.1 Å². The van der Waals surface area contributed by atoms with E-state index in [4.69, 9.17) is 26.8 Å². The standard InChI is InChI=1S/C26H19F2NO5S2/c27-19-8-6-18(10-20(19)28)15-33-21-9-7-17(11-22(21)34-14-16-4-2-1-3-5-16)12-23-25(32)29(13-24(30)31)26(35)36-23/h1-12H,13-15H2,(H,30,31). The van der Waals surface area contributed by atoms with Gasteiger partial charge < -0.3 is 14.6 Å². The molecule has 0 spiro atoms. The number of carbonyl (C=O) groups is 2. The number of thioether (sulfide) groups is 1. The minimum atomic E-state index is -1.16. The first kappa shape index (κ1) is 25.3. The summed E-state index contributed by atoms with van der Waals surface area (Å²) in [7, 11) is 0. The largest absolute Gasteiger partial charge is 0.485 e. The van der Waals surface area contributed by atoms with Gasteiger partial charge in [-0.2, -0.15) is 0 Å². The van der Waals surface area contributed by atoms with E-state index in [1.807, 2.05) is 30.3 Å². The van der Waals surface area contributed by atoms with Gasteiger partial charge >= 0.3 is 5.97 Å². The number of hydrogen-bond acceptors (Lipinski definition) is 6. The van der Waals surface area contributed by atoms with Crippen LogP contribution in [0.25, 0.3) is 6.08 Å². The molecule has 0 saturated carbocycles. The fourth-order valence-corrected chi connectivity index (χ4v) is 4.55. The fourth-order valence-electron chi connectivity index (χ4n) is 3.30. The molecule has 1 amide bonds. The molecule has 1 N–H and O–H groups in total. The van der Waals surface area contributed by atoms with Gasteiger partial charge in [0.05, 0.1) is 4.91 Å². The summed E-state index contributed by atoms with van der Waals surface area (Å²) in [5, 5.41) is 9.01. The van der Waals surface area contributed by atoms with Crippen LogP contribution >= 0.6 is 24.0 Å². The van der Waals surface area contributed by atoms with E-state index in [0.717, 1.165) is 34.4 Å². The summed E-state index contributed by atoms with van der Waals surface area (Å²) < 4.78 is 38.8. The number of rotatable bonds is 9. The lowest BCUT2D eigenvalue weighted by Crippen LogP contribution is -2.33. The van der Waals surface area contributed by atoms with Gasteiger partial charge in [0.2, 0.25) is 0 Å².